The van der Waals surface area contributed by atoms with E-state index in [0.29, 0.717) is 13.2 Å². The molecule has 0 spiro atoms. The third-order valence-corrected chi connectivity index (χ3v) is 2.86. The Bertz CT molecular complexity index is 127. The van der Waals surface area contributed by atoms with Crippen LogP contribution in [0.5, 0.6) is 0 Å². The van der Waals surface area contributed by atoms with E-state index in [9.17, 15) is 0 Å². The summed E-state index contributed by atoms with van der Waals surface area (Å²) >= 11 is 0. The maximum absolute atomic E-state index is 8.97. The third-order valence-electron chi connectivity index (χ3n) is 2.86. The van der Waals surface area contributed by atoms with Gasteiger partial charge in [0.15, 0.2) is 0 Å². The van der Waals surface area contributed by atoms with Crippen molar-refractivity contribution in [2.24, 2.45) is 0 Å². The van der Waals surface area contributed by atoms with Crippen molar-refractivity contribution in [1.82, 2.24) is 0 Å². The summed E-state index contributed by atoms with van der Waals surface area (Å²) in [7, 11) is 0. The summed E-state index contributed by atoms with van der Waals surface area (Å²) in [6.07, 6.45) is 0. The third kappa shape index (κ3) is 4.91. The van der Waals surface area contributed by atoms with Crippen molar-refractivity contribution in [2.75, 3.05) is 52.6 Å². The molecule has 0 fully saturated rings. The molecule has 14 heavy (non-hydrogen) atoms. The van der Waals surface area contributed by atoms with Gasteiger partial charge in [-0.2, -0.15) is 0 Å². The maximum atomic E-state index is 8.97. The van der Waals surface area contributed by atoms with E-state index in [-0.39, 0.29) is 13.2 Å². The average Bonchev–Trinajstić information content (AvgIpc) is 2.23. The van der Waals surface area contributed by atoms with Crippen LogP contribution in [-0.4, -0.2) is 67.3 Å². The highest BCUT2D eigenvalue weighted by Crippen LogP contribution is 2.05. The highest BCUT2D eigenvalue weighted by molar-refractivity contribution is 4.40. The maximum Gasteiger partial charge on any atom is 0.102 e. The Morgan fingerprint density at radius 1 is 0.929 bits per heavy atom. The fraction of sp³-hybridized carbons (Fsp3) is 1.00. The Morgan fingerprint density at radius 2 is 1.57 bits per heavy atom. The molecule has 0 aromatic carbocycles. The van der Waals surface area contributed by atoms with E-state index < -0.39 is 0 Å². The van der Waals surface area contributed by atoms with Gasteiger partial charge in [-0.3, -0.25) is 0 Å². The molecule has 0 aliphatic heterocycles. The zero-order valence-electron chi connectivity index (χ0n) is 9.41. The minimum atomic E-state index is 0.0816. The van der Waals surface area contributed by atoms with E-state index in [1.807, 2.05) is 0 Å². The fourth-order valence-corrected chi connectivity index (χ4v) is 1.60. The summed E-state index contributed by atoms with van der Waals surface area (Å²) in [5.41, 5.74) is 0. The molecule has 4 nitrogen and oxygen atoms in total. The summed E-state index contributed by atoms with van der Waals surface area (Å²) in [6, 6.07) is 0. The van der Waals surface area contributed by atoms with Crippen LogP contribution in [0.15, 0.2) is 0 Å². The first kappa shape index (κ1) is 13.8. The SMILES string of the molecule is CC[N+](CC)(CCO)CCOCCO. The van der Waals surface area contributed by atoms with Crippen molar-refractivity contribution in [3.8, 4) is 0 Å². The summed E-state index contributed by atoms with van der Waals surface area (Å²) in [5.74, 6) is 0. The molecule has 0 radical (unpaired) electrons. The van der Waals surface area contributed by atoms with Crippen LogP contribution >= 0.6 is 0 Å². The largest absolute Gasteiger partial charge is 0.394 e. The molecule has 0 rings (SSSR count). The van der Waals surface area contributed by atoms with Crippen LogP contribution in [0.1, 0.15) is 13.8 Å². The van der Waals surface area contributed by atoms with Gasteiger partial charge < -0.3 is 19.4 Å². The number of nitrogens with zero attached hydrogens (tertiary/aromatic N) is 1. The van der Waals surface area contributed by atoms with Gasteiger partial charge in [0.2, 0.25) is 0 Å². The molecule has 0 aromatic rings. The zero-order valence-corrected chi connectivity index (χ0v) is 9.41. The summed E-state index contributed by atoms with van der Waals surface area (Å²) in [4.78, 5) is 0. The van der Waals surface area contributed by atoms with E-state index in [4.69, 9.17) is 14.9 Å². The number of ether oxygens (including phenoxy) is 1. The number of quaternary nitrogens is 1. The second-order valence-electron chi connectivity index (χ2n) is 3.48. The van der Waals surface area contributed by atoms with Gasteiger partial charge in [-0.1, -0.05) is 0 Å². The van der Waals surface area contributed by atoms with Gasteiger partial charge in [-0.25, -0.2) is 0 Å². The first-order valence-corrected chi connectivity index (χ1v) is 5.39. The predicted octanol–water partition coefficient (Wildman–Crippen LogP) is -0.156. The lowest BCUT2D eigenvalue weighted by atomic mass is 10.3. The highest BCUT2D eigenvalue weighted by atomic mass is 16.5. The molecule has 0 saturated carbocycles. The molecule has 0 atom stereocenters. The first-order valence-electron chi connectivity index (χ1n) is 5.39. The van der Waals surface area contributed by atoms with E-state index in [1.54, 1.807) is 0 Å². The van der Waals surface area contributed by atoms with Crippen molar-refractivity contribution in [3.63, 3.8) is 0 Å². The van der Waals surface area contributed by atoms with Crippen LogP contribution in [0, 0.1) is 0 Å². The lowest BCUT2D eigenvalue weighted by Crippen LogP contribution is -2.51. The Kier molecular flexibility index (Phi) is 8.08. The van der Waals surface area contributed by atoms with Gasteiger partial charge in [-0.05, 0) is 13.8 Å². The van der Waals surface area contributed by atoms with Gasteiger partial charge in [-0.15, -0.1) is 0 Å². The standard InChI is InChI=1S/C10H24NO3/c1-3-11(4-2,5-7-12)6-9-14-10-8-13/h12-13H,3-10H2,1-2H3/q+1. The first-order chi connectivity index (χ1) is 6.74. The van der Waals surface area contributed by atoms with Crippen LogP contribution in [0.3, 0.4) is 0 Å². The van der Waals surface area contributed by atoms with E-state index in [0.717, 1.165) is 30.7 Å². The summed E-state index contributed by atoms with van der Waals surface area (Å²) in [6.45, 7) is 9.35. The molecule has 2 N–H and O–H groups in total. The van der Waals surface area contributed by atoms with Crippen LogP contribution < -0.4 is 0 Å². The molecular formula is C10H24NO3+. The van der Waals surface area contributed by atoms with Gasteiger partial charge >= 0.3 is 0 Å². The van der Waals surface area contributed by atoms with Crippen molar-refractivity contribution in [3.05, 3.63) is 0 Å². The van der Waals surface area contributed by atoms with Gasteiger partial charge in [0, 0.05) is 0 Å². The Hall–Kier alpha value is -0.160. The molecule has 0 unspecified atom stereocenters. The quantitative estimate of drug-likeness (QED) is 0.407. The number of rotatable bonds is 9. The Labute approximate surface area is 86.7 Å². The molecule has 0 bridgehead atoms. The molecule has 4 heteroatoms. The average molecular weight is 206 g/mol. The van der Waals surface area contributed by atoms with E-state index in [1.165, 1.54) is 0 Å². The molecule has 0 amide bonds. The van der Waals surface area contributed by atoms with Crippen molar-refractivity contribution in [1.29, 1.82) is 0 Å². The molecule has 0 aliphatic rings. The summed E-state index contributed by atoms with van der Waals surface area (Å²) in [5, 5.41) is 17.5. The number of hydrogen-bond donors (Lipinski definition) is 2. The molecule has 0 aliphatic carbocycles. The monoisotopic (exact) mass is 206 g/mol. The van der Waals surface area contributed by atoms with Crippen LogP contribution in [-0.2, 0) is 4.74 Å². The Balaban J connectivity index is 3.82. The number of hydrogen-bond acceptors (Lipinski definition) is 3. The number of aliphatic hydroxyl groups is 2. The topological polar surface area (TPSA) is 49.7 Å². The second kappa shape index (κ2) is 8.17. The highest BCUT2D eigenvalue weighted by Gasteiger charge is 2.21. The van der Waals surface area contributed by atoms with Crippen molar-refractivity contribution >= 4 is 0 Å². The van der Waals surface area contributed by atoms with E-state index in [2.05, 4.69) is 13.8 Å². The second-order valence-corrected chi connectivity index (χ2v) is 3.48. The van der Waals surface area contributed by atoms with Crippen molar-refractivity contribution < 1.29 is 19.4 Å². The minimum Gasteiger partial charge on any atom is -0.394 e. The number of likely N-dealkylation sites (N-methyl/N-ethyl adjacent to an activating group) is 1. The summed E-state index contributed by atoms with van der Waals surface area (Å²) < 4.78 is 6.13. The molecule has 0 saturated heterocycles. The van der Waals surface area contributed by atoms with Gasteiger partial charge in [0.1, 0.15) is 13.1 Å². The molecule has 0 aromatic heterocycles. The smallest absolute Gasteiger partial charge is 0.102 e. The normalized spacial score (nSPS) is 12.0. The van der Waals surface area contributed by atoms with E-state index >= 15 is 0 Å². The van der Waals surface area contributed by atoms with Crippen molar-refractivity contribution in [2.45, 2.75) is 13.8 Å². The van der Waals surface area contributed by atoms with Gasteiger partial charge in [0.05, 0.1) is 39.5 Å². The lowest BCUT2D eigenvalue weighted by Gasteiger charge is -2.36. The van der Waals surface area contributed by atoms with Crippen LogP contribution in [0.2, 0.25) is 0 Å². The minimum absolute atomic E-state index is 0.0816. The van der Waals surface area contributed by atoms with Crippen LogP contribution in [0.4, 0.5) is 0 Å². The lowest BCUT2D eigenvalue weighted by molar-refractivity contribution is -0.925. The molecule has 0 heterocycles. The molecular weight excluding hydrogens is 182 g/mol. The fourth-order valence-electron chi connectivity index (χ4n) is 1.60. The molecule has 86 valence electrons. The zero-order chi connectivity index (χ0) is 10.9. The van der Waals surface area contributed by atoms with Crippen LogP contribution in [0.25, 0.3) is 0 Å². The number of aliphatic hydroxyl groups excluding tert-OH is 2. The Morgan fingerprint density at radius 3 is 2.00 bits per heavy atom. The predicted molar refractivity (Wildman–Crippen MR) is 56.1 cm³/mol. The van der Waals surface area contributed by atoms with Gasteiger partial charge in [0.25, 0.3) is 0 Å².